The standard InChI is InChI=1S/C20H22F2N2O4/c1-20(2,19(26)24-17-15(21)5-4-6-16(17)22)18(25)23-11-12-28-14-9-7-13(27-3)8-10-14/h4-10H,11-12H2,1-3H3,(H,23,25)(H,24,26). The molecule has 0 unspecified atom stereocenters. The Morgan fingerprint density at radius 3 is 2.11 bits per heavy atom. The average Bonchev–Trinajstić information content (AvgIpc) is 2.68. The van der Waals surface area contributed by atoms with E-state index < -0.39 is 34.6 Å². The first kappa shape index (κ1) is 21.1. The van der Waals surface area contributed by atoms with Crippen LogP contribution in [0.1, 0.15) is 13.8 Å². The number of halogens is 2. The van der Waals surface area contributed by atoms with Gasteiger partial charge in [-0.05, 0) is 50.2 Å². The number of benzene rings is 2. The van der Waals surface area contributed by atoms with Crippen molar-refractivity contribution >= 4 is 17.5 Å². The molecular weight excluding hydrogens is 370 g/mol. The van der Waals surface area contributed by atoms with Gasteiger partial charge in [-0.15, -0.1) is 0 Å². The SMILES string of the molecule is COc1ccc(OCCNC(=O)C(C)(C)C(=O)Nc2c(F)cccc2F)cc1. The van der Waals surface area contributed by atoms with Crippen LogP contribution in [0.4, 0.5) is 14.5 Å². The summed E-state index contributed by atoms with van der Waals surface area (Å²) in [7, 11) is 1.56. The first-order chi connectivity index (χ1) is 13.3. The third-order valence-corrected chi connectivity index (χ3v) is 4.05. The lowest BCUT2D eigenvalue weighted by molar-refractivity contribution is -0.138. The van der Waals surface area contributed by atoms with Crippen LogP contribution in [-0.4, -0.2) is 32.1 Å². The quantitative estimate of drug-likeness (QED) is 0.535. The summed E-state index contributed by atoms with van der Waals surface area (Å²) in [5.74, 6) is -1.97. The van der Waals surface area contributed by atoms with Crippen molar-refractivity contribution < 1.29 is 27.8 Å². The number of carbonyl (C=O) groups excluding carboxylic acids is 2. The smallest absolute Gasteiger partial charge is 0.239 e. The lowest BCUT2D eigenvalue weighted by Gasteiger charge is -2.23. The van der Waals surface area contributed by atoms with Gasteiger partial charge < -0.3 is 20.1 Å². The summed E-state index contributed by atoms with van der Waals surface area (Å²) < 4.78 is 37.9. The summed E-state index contributed by atoms with van der Waals surface area (Å²) in [5, 5.41) is 4.71. The number of nitrogens with one attached hydrogen (secondary N) is 2. The number of methoxy groups -OCH3 is 1. The van der Waals surface area contributed by atoms with Gasteiger partial charge in [-0.2, -0.15) is 0 Å². The van der Waals surface area contributed by atoms with Crippen molar-refractivity contribution in [3.05, 3.63) is 54.1 Å². The Labute approximate surface area is 161 Å². The molecule has 0 aliphatic rings. The van der Waals surface area contributed by atoms with E-state index in [0.717, 1.165) is 12.1 Å². The molecule has 2 aromatic rings. The summed E-state index contributed by atoms with van der Waals surface area (Å²) >= 11 is 0. The molecule has 6 nitrogen and oxygen atoms in total. The molecule has 0 fully saturated rings. The van der Waals surface area contributed by atoms with Gasteiger partial charge in [-0.3, -0.25) is 9.59 Å². The first-order valence-corrected chi connectivity index (χ1v) is 8.56. The molecule has 0 aromatic heterocycles. The second-order valence-corrected chi connectivity index (χ2v) is 6.46. The van der Waals surface area contributed by atoms with Gasteiger partial charge in [0, 0.05) is 0 Å². The second kappa shape index (κ2) is 9.16. The maximum atomic E-state index is 13.7. The largest absolute Gasteiger partial charge is 0.497 e. The predicted molar refractivity (Wildman–Crippen MR) is 100 cm³/mol. The van der Waals surface area contributed by atoms with Crippen LogP contribution in [0.25, 0.3) is 0 Å². The molecule has 0 bridgehead atoms. The highest BCUT2D eigenvalue weighted by Crippen LogP contribution is 2.23. The van der Waals surface area contributed by atoms with E-state index in [9.17, 15) is 18.4 Å². The van der Waals surface area contributed by atoms with E-state index in [4.69, 9.17) is 9.47 Å². The van der Waals surface area contributed by atoms with E-state index in [1.807, 2.05) is 0 Å². The zero-order chi connectivity index (χ0) is 20.7. The maximum absolute atomic E-state index is 13.7. The summed E-state index contributed by atoms with van der Waals surface area (Å²) in [6.45, 7) is 3.05. The van der Waals surface area contributed by atoms with Crippen LogP contribution in [0.2, 0.25) is 0 Å². The summed E-state index contributed by atoms with van der Waals surface area (Å²) in [5.41, 5.74) is -2.13. The van der Waals surface area contributed by atoms with Gasteiger partial charge in [0.15, 0.2) is 0 Å². The molecule has 0 radical (unpaired) electrons. The Kier molecular flexibility index (Phi) is 6.92. The van der Waals surface area contributed by atoms with E-state index in [0.29, 0.717) is 11.5 Å². The topological polar surface area (TPSA) is 76.7 Å². The third kappa shape index (κ3) is 5.18. The normalized spacial score (nSPS) is 10.9. The Balaban J connectivity index is 1.86. The number of carbonyl (C=O) groups is 2. The number of para-hydroxylation sites is 1. The van der Waals surface area contributed by atoms with Crippen molar-refractivity contribution in [1.29, 1.82) is 0 Å². The molecule has 0 atom stereocenters. The zero-order valence-electron chi connectivity index (χ0n) is 15.8. The van der Waals surface area contributed by atoms with Crippen molar-refractivity contribution in [2.45, 2.75) is 13.8 Å². The molecular formula is C20H22F2N2O4. The molecule has 0 heterocycles. The minimum Gasteiger partial charge on any atom is -0.497 e. The fourth-order valence-corrected chi connectivity index (χ4v) is 2.22. The zero-order valence-corrected chi connectivity index (χ0v) is 15.8. The molecule has 2 N–H and O–H groups in total. The highest BCUT2D eigenvalue weighted by atomic mass is 19.1. The third-order valence-electron chi connectivity index (χ3n) is 4.05. The van der Waals surface area contributed by atoms with Crippen LogP contribution >= 0.6 is 0 Å². The van der Waals surface area contributed by atoms with Crippen LogP contribution in [0, 0.1) is 17.0 Å². The molecule has 2 amide bonds. The van der Waals surface area contributed by atoms with E-state index in [1.54, 1.807) is 31.4 Å². The Morgan fingerprint density at radius 1 is 0.964 bits per heavy atom. The van der Waals surface area contributed by atoms with Crippen molar-refractivity contribution in [3.63, 3.8) is 0 Å². The van der Waals surface area contributed by atoms with E-state index in [1.165, 1.54) is 19.9 Å². The molecule has 0 spiro atoms. The van der Waals surface area contributed by atoms with Crippen molar-refractivity contribution in [2.24, 2.45) is 5.41 Å². The first-order valence-electron chi connectivity index (χ1n) is 8.56. The van der Waals surface area contributed by atoms with E-state index in [-0.39, 0.29) is 13.2 Å². The summed E-state index contributed by atoms with van der Waals surface area (Å²) in [4.78, 5) is 24.7. The number of amides is 2. The van der Waals surface area contributed by atoms with Gasteiger partial charge in [-0.25, -0.2) is 8.78 Å². The number of hydrogen-bond donors (Lipinski definition) is 2. The minimum absolute atomic E-state index is 0.148. The van der Waals surface area contributed by atoms with Gasteiger partial charge in [0.05, 0.1) is 13.7 Å². The lowest BCUT2D eigenvalue weighted by atomic mass is 9.91. The molecule has 8 heteroatoms. The van der Waals surface area contributed by atoms with Gasteiger partial charge in [-0.1, -0.05) is 6.07 Å². The fourth-order valence-electron chi connectivity index (χ4n) is 2.22. The number of hydrogen-bond acceptors (Lipinski definition) is 4. The minimum atomic E-state index is -1.55. The molecule has 0 aliphatic heterocycles. The molecule has 0 saturated heterocycles. The number of anilines is 1. The van der Waals surface area contributed by atoms with Crippen LogP contribution in [0.15, 0.2) is 42.5 Å². The highest BCUT2D eigenvalue weighted by Gasteiger charge is 2.36. The Morgan fingerprint density at radius 2 is 1.54 bits per heavy atom. The van der Waals surface area contributed by atoms with Gasteiger partial charge in [0.1, 0.15) is 40.8 Å². The van der Waals surface area contributed by atoms with Crippen molar-refractivity contribution in [1.82, 2.24) is 5.32 Å². The second-order valence-electron chi connectivity index (χ2n) is 6.46. The van der Waals surface area contributed by atoms with Gasteiger partial charge in [0.25, 0.3) is 0 Å². The monoisotopic (exact) mass is 392 g/mol. The molecule has 2 aromatic carbocycles. The van der Waals surface area contributed by atoms with E-state index in [2.05, 4.69) is 10.6 Å². The van der Waals surface area contributed by atoms with Crippen LogP contribution in [0.3, 0.4) is 0 Å². The fraction of sp³-hybridized carbons (Fsp3) is 0.300. The van der Waals surface area contributed by atoms with E-state index >= 15 is 0 Å². The number of ether oxygens (including phenoxy) is 2. The lowest BCUT2D eigenvalue weighted by Crippen LogP contribution is -2.46. The maximum Gasteiger partial charge on any atom is 0.239 e. The predicted octanol–water partition coefficient (Wildman–Crippen LogP) is 3.13. The van der Waals surface area contributed by atoms with Crippen LogP contribution in [-0.2, 0) is 9.59 Å². The van der Waals surface area contributed by atoms with Crippen molar-refractivity contribution in [3.8, 4) is 11.5 Å². The molecule has 150 valence electrons. The summed E-state index contributed by atoms with van der Waals surface area (Å²) in [6.07, 6.45) is 0. The molecule has 0 aliphatic carbocycles. The molecule has 2 rings (SSSR count). The van der Waals surface area contributed by atoms with Gasteiger partial charge in [0.2, 0.25) is 11.8 Å². The van der Waals surface area contributed by atoms with Gasteiger partial charge >= 0.3 is 0 Å². The summed E-state index contributed by atoms with van der Waals surface area (Å²) in [6, 6.07) is 10.1. The molecule has 28 heavy (non-hydrogen) atoms. The van der Waals surface area contributed by atoms with Crippen LogP contribution < -0.4 is 20.1 Å². The van der Waals surface area contributed by atoms with Crippen molar-refractivity contribution in [2.75, 3.05) is 25.6 Å². The highest BCUT2D eigenvalue weighted by molar-refractivity contribution is 6.09. The Bertz CT molecular complexity index is 818. The average molecular weight is 392 g/mol. The number of rotatable bonds is 8. The Hall–Kier alpha value is -3.16. The van der Waals surface area contributed by atoms with Crippen LogP contribution in [0.5, 0.6) is 11.5 Å². The molecule has 0 saturated carbocycles.